The Kier molecular flexibility index (Phi) is 7.92. The van der Waals surface area contributed by atoms with Crippen molar-refractivity contribution in [1.29, 1.82) is 0 Å². The molecule has 9 heteroatoms. The summed E-state index contributed by atoms with van der Waals surface area (Å²) in [7, 11) is 1.56. The summed E-state index contributed by atoms with van der Waals surface area (Å²) in [5.41, 5.74) is 8.16. The summed E-state index contributed by atoms with van der Waals surface area (Å²) >= 11 is 0. The molecule has 0 fully saturated rings. The number of aromatic nitrogens is 1. The minimum atomic E-state index is -0.528. The van der Waals surface area contributed by atoms with Crippen LogP contribution >= 0.6 is 0 Å². The van der Waals surface area contributed by atoms with Gasteiger partial charge in [0.1, 0.15) is 36.1 Å². The number of esters is 1. The largest absolute Gasteiger partial charge is 0.489 e. The fourth-order valence-corrected chi connectivity index (χ4v) is 3.96. The van der Waals surface area contributed by atoms with Crippen molar-refractivity contribution in [3.63, 3.8) is 0 Å². The highest BCUT2D eigenvalue weighted by Crippen LogP contribution is 2.35. The first-order valence-corrected chi connectivity index (χ1v) is 11.4. The monoisotopic (exact) mass is 496 g/mol. The van der Waals surface area contributed by atoms with Gasteiger partial charge < -0.3 is 24.4 Å². The van der Waals surface area contributed by atoms with Gasteiger partial charge in [0.25, 0.3) is 0 Å². The minimum absolute atomic E-state index is 0.0491. The molecule has 0 unspecified atom stereocenters. The van der Waals surface area contributed by atoms with Crippen molar-refractivity contribution in [1.82, 2.24) is 4.98 Å². The van der Waals surface area contributed by atoms with Crippen molar-refractivity contribution < 1.29 is 32.2 Å². The van der Waals surface area contributed by atoms with Gasteiger partial charge in [0.15, 0.2) is 5.82 Å². The van der Waals surface area contributed by atoms with E-state index in [1.165, 1.54) is 24.4 Å². The molecule has 2 aromatic heterocycles. The number of furan rings is 1. The zero-order valence-corrected chi connectivity index (χ0v) is 20.0. The van der Waals surface area contributed by atoms with Crippen LogP contribution in [0.25, 0.3) is 22.1 Å². The van der Waals surface area contributed by atoms with Crippen molar-refractivity contribution >= 4 is 16.9 Å². The third-order valence-corrected chi connectivity index (χ3v) is 5.52. The van der Waals surface area contributed by atoms with Crippen LogP contribution in [0.5, 0.6) is 5.75 Å². The van der Waals surface area contributed by atoms with Crippen LogP contribution in [0.2, 0.25) is 0 Å². The summed E-state index contributed by atoms with van der Waals surface area (Å²) < 4.78 is 51.1. The number of carbonyl (C=O) groups excluding carboxylic acids is 1. The molecule has 4 aromatic rings. The Bertz CT molecular complexity index is 1390. The highest BCUT2D eigenvalue weighted by molar-refractivity contribution is 5.93. The van der Waals surface area contributed by atoms with Crippen LogP contribution in [0.3, 0.4) is 0 Å². The van der Waals surface area contributed by atoms with Crippen molar-refractivity contribution in [2.45, 2.75) is 33.1 Å². The molecule has 36 heavy (non-hydrogen) atoms. The van der Waals surface area contributed by atoms with E-state index in [1.807, 2.05) is 12.1 Å². The predicted octanol–water partition coefficient (Wildman–Crippen LogP) is 5.06. The number of methoxy groups -OCH3 is 1. The number of fused-ring (bicyclic) bond motifs is 1. The third kappa shape index (κ3) is 5.53. The summed E-state index contributed by atoms with van der Waals surface area (Å²) in [5, 5.41) is 0.731. The molecule has 0 aliphatic carbocycles. The summed E-state index contributed by atoms with van der Waals surface area (Å²) in [4.78, 5) is 16.0. The maximum Gasteiger partial charge on any atom is 0.310 e. The van der Waals surface area contributed by atoms with Crippen LogP contribution in [0.15, 0.2) is 53.1 Å². The Labute approximate surface area is 206 Å². The summed E-state index contributed by atoms with van der Waals surface area (Å²) in [5.74, 6) is -0.573. The molecule has 7 nitrogen and oxygen atoms in total. The maximum absolute atomic E-state index is 15.2. The predicted molar refractivity (Wildman–Crippen MR) is 129 cm³/mol. The van der Waals surface area contributed by atoms with E-state index in [-0.39, 0.29) is 38.5 Å². The average molecular weight is 497 g/mol. The lowest BCUT2D eigenvalue weighted by Crippen LogP contribution is -2.09. The number of pyridine rings is 1. The molecule has 0 spiro atoms. The molecule has 0 amide bonds. The summed E-state index contributed by atoms with van der Waals surface area (Å²) in [6.45, 7) is 2.20. The van der Waals surface area contributed by atoms with Crippen LogP contribution < -0.4 is 10.5 Å². The molecule has 0 bridgehead atoms. The van der Waals surface area contributed by atoms with Crippen LogP contribution in [0, 0.1) is 11.6 Å². The highest BCUT2D eigenvalue weighted by Gasteiger charge is 2.18. The standard InChI is InChI=1S/C27H26F2N2O5/c1-3-34-25(32)12-17-10-19(28)4-5-24(17)35-14-16-8-18-11-20(15-33-2)36-27(18)22(9-16)21-6-7-31-23(13-30)26(21)29/h4-11H,3,12-15,30H2,1-2H3. The van der Waals surface area contributed by atoms with Crippen molar-refractivity contribution in [3.8, 4) is 16.9 Å². The van der Waals surface area contributed by atoms with Crippen LogP contribution in [-0.4, -0.2) is 24.7 Å². The van der Waals surface area contributed by atoms with Gasteiger partial charge in [0, 0.05) is 41.9 Å². The Morgan fingerprint density at radius 2 is 1.92 bits per heavy atom. The van der Waals surface area contributed by atoms with E-state index >= 15 is 4.39 Å². The zero-order valence-electron chi connectivity index (χ0n) is 20.0. The van der Waals surface area contributed by atoms with E-state index in [0.717, 1.165) is 5.39 Å². The number of benzene rings is 2. The number of rotatable bonds is 10. The average Bonchev–Trinajstić information content (AvgIpc) is 3.26. The van der Waals surface area contributed by atoms with E-state index in [2.05, 4.69) is 4.98 Å². The molecule has 0 aliphatic rings. The van der Waals surface area contributed by atoms with Gasteiger partial charge in [0.2, 0.25) is 0 Å². The molecule has 0 saturated carbocycles. The van der Waals surface area contributed by atoms with Gasteiger partial charge in [0.05, 0.1) is 18.7 Å². The number of carbonyl (C=O) groups is 1. The van der Waals surface area contributed by atoms with E-state index in [4.69, 9.17) is 24.4 Å². The number of halogens is 2. The lowest BCUT2D eigenvalue weighted by Gasteiger charge is -2.13. The molecular weight excluding hydrogens is 470 g/mol. The van der Waals surface area contributed by atoms with Gasteiger partial charge in [-0.25, -0.2) is 8.78 Å². The first-order valence-electron chi connectivity index (χ1n) is 11.4. The Morgan fingerprint density at radius 3 is 2.67 bits per heavy atom. The smallest absolute Gasteiger partial charge is 0.310 e. The first kappa shape index (κ1) is 25.3. The maximum atomic E-state index is 15.2. The normalized spacial score (nSPS) is 11.1. The lowest BCUT2D eigenvalue weighted by molar-refractivity contribution is -0.142. The van der Waals surface area contributed by atoms with E-state index in [0.29, 0.717) is 39.3 Å². The van der Waals surface area contributed by atoms with Gasteiger partial charge >= 0.3 is 5.97 Å². The number of ether oxygens (including phenoxy) is 3. The zero-order chi connectivity index (χ0) is 25.7. The molecule has 0 aliphatic heterocycles. The van der Waals surface area contributed by atoms with Gasteiger partial charge in [-0.3, -0.25) is 9.78 Å². The SMILES string of the molecule is CCOC(=O)Cc1cc(F)ccc1OCc1cc(-c2ccnc(CN)c2F)c2oc(COC)cc2c1. The van der Waals surface area contributed by atoms with E-state index < -0.39 is 17.6 Å². The third-order valence-electron chi connectivity index (χ3n) is 5.52. The summed E-state index contributed by atoms with van der Waals surface area (Å²) in [6.07, 6.45) is 1.37. The molecule has 4 rings (SSSR count). The topological polar surface area (TPSA) is 96.8 Å². The molecule has 188 valence electrons. The molecule has 0 radical (unpaired) electrons. The molecular formula is C27H26F2N2O5. The number of nitrogens with two attached hydrogens (primary N) is 1. The van der Waals surface area contributed by atoms with E-state index in [9.17, 15) is 9.18 Å². The first-order chi connectivity index (χ1) is 17.4. The van der Waals surface area contributed by atoms with Crippen LogP contribution in [-0.2, 0) is 40.4 Å². The van der Waals surface area contributed by atoms with Gasteiger partial charge in [-0.05, 0) is 55.0 Å². The second-order valence-electron chi connectivity index (χ2n) is 8.05. The molecule has 2 N–H and O–H groups in total. The van der Waals surface area contributed by atoms with Gasteiger partial charge in [-0.2, -0.15) is 0 Å². The number of hydrogen-bond acceptors (Lipinski definition) is 7. The van der Waals surface area contributed by atoms with Crippen molar-refractivity contribution in [3.05, 3.63) is 82.9 Å². The van der Waals surface area contributed by atoms with Gasteiger partial charge in [-0.1, -0.05) is 0 Å². The Balaban J connectivity index is 1.71. The van der Waals surface area contributed by atoms with E-state index in [1.54, 1.807) is 26.2 Å². The Hall–Kier alpha value is -3.82. The Morgan fingerprint density at radius 1 is 1.08 bits per heavy atom. The number of nitrogens with zero attached hydrogens (tertiary/aromatic N) is 1. The highest BCUT2D eigenvalue weighted by atomic mass is 19.1. The fourth-order valence-electron chi connectivity index (χ4n) is 3.96. The van der Waals surface area contributed by atoms with Crippen LogP contribution in [0.1, 0.15) is 29.5 Å². The fraction of sp³-hybridized carbons (Fsp3) is 0.259. The second kappa shape index (κ2) is 11.3. The van der Waals surface area contributed by atoms with Gasteiger partial charge in [-0.15, -0.1) is 0 Å². The molecule has 2 aromatic carbocycles. The molecule has 2 heterocycles. The quantitative estimate of drug-likeness (QED) is 0.307. The van der Waals surface area contributed by atoms with Crippen molar-refractivity contribution in [2.75, 3.05) is 13.7 Å². The number of hydrogen-bond donors (Lipinski definition) is 1. The minimum Gasteiger partial charge on any atom is -0.489 e. The molecule has 0 atom stereocenters. The lowest BCUT2D eigenvalue weighted by atomic mass is 10.00. The van der Waals surface area contributed by atoms with Crippen LogP contribution in [0.4, 0.5) is 8.78 Å². The van der Waals surface area contributed by atoms with Crippen molar-refractivity contribution in [2.24, 2.45) is 5.73 Å². The molecule has 0 saturated heterocycles. The second-order valence-corrected chi connectivity index (χ2v) is 8.05. The summed E-state index contributed by atoms with van der Waals surface area (Å²) in [6, 6.07) is 11.0.